The molecule has 0 aliphatic rings. The van der Waals surface area contributed by atoms with Gasteiger partial charge in [0, 0.05) is 12.8 Å². The predicted octanol–water partition coefficient (Wildman–Crippen LogP) is 5.28. The summed E-state index contributed by atoms with van der Waals surface area (Å²) >= 11 is 3.07. The van der Waals surface area contributed by atoms with E-state index in [1.165, 1.54) is 20.8 Å². The molecular formula is C39H44BrN3O11. The zero-order chi connectivity index (χ0) is 39.7. The lowest BCUT2D eigenvalue weighted by atomic mass is 9.88. The first-order valence-corrected chi connectivity index (χ1v) is 18.1. The number of alkyl halides is 1. The zero-order valence-electron chi connectivity index (χ0n) is 30.3. The molecule has 0 saturated heterocycles. The summed E-state index contributed by atoms with van der Waals surface area (Å²) < 4.78 is 22.2. The van der Waals surface area contributed by atoms with Gasteiger partial charge in [0.1, 0.15) is 37.2 Å². The average molecular weight is 811 g/mol. The Morgan fingerprint density at radius 3 is 1.65 bits per heavy atom. The van der Waals surface area contributed by atoms with Gasteiger partial charge in [-0.15, -0.1) is 0 Å². The minimum atomic E-state index is -2.99. The summed E-state index contributed by atoms with van der Waals surface area (Å²) in [7, 11) is 0. The molecule has 0 radical (unpaired) electrons. The van der Waals surface area contributed by atoms with Crippen LogP contribution >= 0.6 is 15.9 Å². The summed E-state index contributed by atoms with van der Waals surface area (Å²) in [5.74, 6) is -5.58. The van der Waals surface area contributed by atoms with E-state index in [2.05, 4.69) is 21.2 Å². The van der Waals surface area contributed by atoms with Crippen molar-refractivity contribution in [3.8, 4) is 0 Å². The number of primary amides is 1. The molecule has 14 nitrogen and oxygen atoms in total. The van der Waals surface area contributed by atoms with Crippen LogP contribution in [-0.2, 0) is 62.7 Å². The molecule has 0 aliphatic heterocycles. The number of nitrogens with zero attached hydrogens (tertiary/aromatic N) is 1. The number of esters is 2. The fourth-order valence-electron chi connectivity index (χ4n) is 5.00. The number of hydrogen-bond donors (Lipinski definition) is 2. The van der Waals surface area contributed by atoms with Crippen LogP contribution in [0.4, 0.5) is 9.59 Å². The number of alkyl carbamates (subject to hydrolysis) is 1. The molecule has 3 N–H and O–H groups in total. The number of imide groups is 1. The monoisotopic (exact) mass is 809 g/mol. The molecule has 0 aliphatic carbocycles. The first-order valence-electron chi connectivity index (χ1n) is 17.0. The normalized spacial score (nSPS) is 12.6. The van der Waals surface area contributed by atoms with Crippen LogP contribution in [0.5, 0.6) is 0 Å². The number of carbonyl (C=O) groups excluding carboxylic acids is 7. The molecule has 0 fully saturated rings. The third kappa shape index (κ3) is 13.1. The Morgan fingerprint density at radius 1 is 0.704 bits per heavy atom. The Kier molecular flexibility index (Phi) is 16.4. The highest BCUT2D eigenvalue weighted by Crippen LogP contribution is 2.32. The molecule has 4 amide bonds. The third-order valence-electron chi connectivity index (χ3n) is 7.67. The molecule has 3 rings (SSSR count). The topological polar surface area (TPSA) is 198 Å². The number of nitrogens with one attached hydrogen (secondary N) is 1. The first-order chi connectivity index (χ1) is 25.7. The van der Waals surface area contributed by atoms with Gasteiger partial charge in [0.25, 0.3) is 5.91 Å². The molecule has 15 heteroatoms. The largest absolute Gasteiger partial charge is 0.459 e. The molecule has 0 spiro atoms. The molecule has 3 aromatic rings. The summed E-state index contributed by atoms with van der Waals surface area (Å²) in [5, 5.41) is 2.14. The lowest BCUT2D eigenvalue weighted by Crippen LogP contribution is -2.68. The van der Waals surface area contributed by atoms with Crippen molar-refractivity contribution in [3.05, 3.63) is 108 Å². The standard InChI is InChI=1S/C39H44BrN3O11/c1-38(2,3)54-35(48)39(22-21-30(44)23-40,34(47)51-24-27-13-7-4-8-14-27)43(37(50)53-26-29-17-11-6-12-18-29)33(46)31(19-20-32(41)45)42-36(49)52-25-28-15-9-5-10-16-28/h4-18,31H,19-26H2,1-3H3,(H2,41,45)(H,42,49)/t31-,39+/m0/s1. The maximum absolute atomic E-state index is 14.8. The highest BCUT2D eigenvalue weighted by Gasteiger charge is 2.60. The van der Waals surface area contributed by atoms with Gasteiger partial charge in [-0.2, -0.15) is 0 Å². The molecule has 0 unspecified atom stereocenters. The smallest absolute Gasteiger partial charge is 0.418 e. The van der Waals surface area contributed by atoms with Gasteiger partial charge in [-0.3, -0.25) is 14.4 Å². The minimum absolute atomic E-state index is 0.196. The van der Waals surface area contributed by atoms with E-state index in [0.29, 0.717) is 16.7 Å². The second-order valence-electron chi connectivity index (χ2n) is 13.1. The van der Waals surface area contributed by atoms with E-state index < -0.39 is 97.8 Å². The van der Waals surface area contributed by atoms with E-state index in [0.717, 1.165) is 0 Å². The Labute approximate surface area is 321 Å². The number of ketones is 1. The number of hydrogen-bond acceptors (Lipinski definition) is 11. The SMILES string of the molecule is CC(C)(C)OC(=O)[C@@](CCC(=O)CBr)(C(=O)OCc1ccccc1)N(C(=O)OCc1ccccc1)C(=O)[C@H](CCC(N)=O)NC(=O)OCc1ccccc1. The van der Waals surface area contributed by atoms with E-state index in [4.69, 9.17) is 24.7 Å². The Morgan fingerprint density at radius 2 is 1.19 bits per heavy atom. The van der Waals surface area contributed by atoms with Gasteiger partial charge in [0.2, 0.25) is 11.4 Å². The van der Waals surface area contributed by atoms with Crippen LogP contribution in [0.3, 0.4) is 0 Å². The van der Waals surface area contributed by atoms with E-state index in [9.17, 15) is 33.6 Å². The molecular weight excluding hydrogens is 766 g/mol. The quantitative estimate of drug-likeness (QED) is 0.0734. The number of rotatable bonds is 18. The second-order valence-corrected chi connectivity index (χ2v) is 13.6. The second kappa shape index (κ2) is 20.6. The van der Waals surface area contributed by atoms with Crippen LogP contribution < -0.4 is 11.1 Å². The van der Waals surface area contributed by atoms with Crippen molar-refractivity contribution in [3.63, 3.8) is 0 Å². The first kappa shape index (κ1) is 42.8. The van der Waals surface area contributed by atoms with E-state index >= 15 is 0 Å². The van der Waals surface area contributed by atoms with Crippen molar-refractivity contribution in [1.82, 2.24) is 10.2 Å². The molecule has 288 valence electrons. The lowest BCUT2D eigenvalue weighted by molar-refractivity contribution is -0.186. The number of Topliss-reactive ketones (excluding diaryl/α,β-unsaturated/α-hetero) is 1. The molecule has 3 aromatic carbocycles. The van der Waals surface area contributed by atoms with Gasteiger partial charge >= 0.3 is 24.1 Å². The number of ether oxygens (including phenoxy) is 4. The highest BCUT2D eigenvalue weighted by molar-refractivity contribution is 9.09. The fraction of sp³-hybridized carbons (Fsp3) is 0.359. The van der Waals surface area contributed by atoms with Gasteiger partial charge in [-0.1, -0.05) is 107 Å². The van der Waals surface area contributed by atoms with Crippen molar-refractivity contribution < 1.29 is 52.5 Å². The summed E-state index contributed by atoms with van der Waals surface area (Å²) in [6.45, 7) is 3.44. The maximum Gasteiger partial charge on any atom is 0.418 e. The average Bonchev–Trinajstić information content (AvgIpc) is 3.15. The molecule has 0 heterocycles. The van der Waals surface area contributed by atoms with E-state index in [1.54, 1.807) is 91.0 Å². The summed E-state index contributed by atoms with van der Waals surface area (Å²) in [6, 6.07) is 23.5. The van der Waals surface area contributed by atoms with Gasteiger partial charge in [-0.05, 0) is 50.3 Å². The van der Waals surface area contributed by atoms with Crippen molar-refractivity contribution in [2.24, 2.45) is 5.73 Å². The summed E-state index contributed by atoms with van der Waals surface area (Å²) in [6.07, 6.45) is -4.96. The lowest BCUT2D eigenvalue weighted by Gasteiger charge is -2.40. The Balaban J connectivity index is 2.20. The predicted molar refractivity (Wildman–Crippen MR) is 198 cm³/mol. The number of nitrogens with two attached hydrogens (primary N) is 1. The van der Waals surface area contributed by atoms with Crippen molar-refractivity contribution in [2.75, 3.05) is 5.33 Å². The van der Waals surface area contributed by atoms with Crippen LogP contribution in [0.25, 0.3) is 0 Å². The van der Waals surface area contributed by atoms with Crippen molar-refractivity contribution in [1.29, 1.82) is 0 Å². The fourth-order valence-corrected chi connectivity index (χ4v) is 5.28. The highest BCUT2D eigenvalue weighted by atomic mass is 79.9. The number of amides is 4. The summed E-state index contributed by atoms with van der Waals surface area (Å²) in [5.41, 5.74) is 2.70. The van der Waals surface area contributed by atoms with Gasteiger partial charge in [-0.25, -0.2) is 24.1 Å². The zero-order valence-corrected chi connectivity index (χ0v) is 31.9. The van der Waals surface area contributed by atoms with Gasteiger partial charge in [0.05, 0.1) is 5.33 Å². The maximum atomic E-state index is 14.8. The molecule has 2 atom stereocenters. The van der Waals surface area contributed by atoms with Gasteiger partial charge in [0.15, 0.2) is 0 Å². The minimum Gasteiger partial charge on any atom is -0.459 e. The molecule has 0 aromatic heterocycles. The van der Waals surface area contributed by atoms with Crippen LogP contribution in [-0.4, -0.2) is 69.1 Å². The molecule has 0 bridgehead atoms. The summed E-state index contributed by atoms with van der Waals surface area (Å²) in [4.78, 5) is 96.3. The molecule has 0 saturated carbocycles. The van der Waals surface area contributed by atoms with E-state index in [-0.39, 0.29) is 16.8 Å². The van der Waals surface area contributed by atoms with Crippen LogP contribution in [0.1, 0.15) is 63.1 Å². The van der Waals surface area contributed by atoms with E-state index in [1.807, 2.05) is 0 Å². The van der Waals surface area contributed by atoms with Crippen LogP contribution in [0.15, 0.2) is 91.0 Å². The van der Waals surface area contributed by atoms with Crippen LogP contribution in [0.2, 0.25) is 0 Å². The Hall–Kier alpha value is -5.57. The van der Waals surface area contributed by atoms with Crippen molar-refractivity contribution >= 4 is 57.7 Å². The number of carbonyl (C=O) groups is 7. The Bertz CT molecular complexity index is 1750. The number of benzene rings is 3. The van der Waals surface area contributed by atoms with Crippen LogP contribution in [0, 0.1) is 0 Å². The third-order valence-corrected chi connectivity index (χ3v) is 8.30. The van der Waals surface area contributed by atoms with Crippen molar-refractivity contribution in [2.45, 2.75) is 83.5 Å². The number of halogens is 1. The van der Waals surface area contributed by atoms with Gasteiger partial charge < -0.3 is 30.0 Å². The molecule has 54 heavy (non-hydrogen) atoms.